The summed E-state index contributed by atoms with van der Waals surface area (Å²) in [6.45, 7) is 1.97. The van der Waals surface area contributed by atoms with Gasteiger partial charge < -0.3 is 10.2 Å². The molecule has 22 heavy (non-hydrogen) atoms. The van der Waals surface area contributed by atoms with E-state index >= 15 is 0 Å². The van der Waals surface area contributed by atoms with Crippen molar-refractivity contribution in [2.75, 3.05) is 13.1 Å². The molecule has 6 nitrogen and oxygen atoms in total. The number of piperidine rings is 1. The van der Waals surface area contributed by atoms with Crippen LogP contribution in [0.5, 0.6) is 0 Å². The van der Waals surface area contributed by atoms with Crippen LogP contribution < -0.4 is 5.32 Å². The molecule has 1 aromatic rings. The van der Waals surface area contributed by atoms with Gasteiger partial charge in [-0.05, 0) is 37.8 Å². The molecule has 1 heterocycles. The molecule has 1 N–H and O–H groups in total. The molecule has 1 aromatic carbocycles. The Balaban J connectivity index is 1.63. The molecule has 1 saturated heterocycles. The van der Waals surface area contributed by atoms with Gasteiger partial charge in [0.25, 0.3) is 11.6 Å². The average molecular weight is 324 g/mol. The van der Waals surface area contributed by atoms with Crippen LogP contribution >= 0.6 is 11.6 Å². The third-order valence-electron chi connectivity index (χ3n) is 4.33. The highest BCUT2D eigenvalue weighted by Crippen LogP contribution is 2.29. The van der Waals surface area contributed by atoms with E-state index in [1.807, 2.05) is 0 Å². The van der Waals surface area contributed by atoms with Crippen molar-refractivity contribution in [3.05, 3.63) is 38.9 Å². The third kappa shape index (κ3) is 3.39. The van der Waals surface area contributed by atoms with E-state index in [0.29, 0.717) is 0 Å². The van der Waals surface area contributed by atoms with Gasteiger partial charge in [0.1, 0.15) is 5.56 Å². The fourth-order valence-electron chi connectivity index (χ4n) is 2.96. The smallest absolute Gasteiger partial charge is 0.283 e. The Bertz CT molecular complexity index is 596. The first-order valence-corrected chi connectivity index (χ1v) is 7.91. The lowest BCUT2D eigenvalue weighted by atomic mass is 10.0. The van der Waals surface area contributed by atoms with Crippen LogP contribution in [-0.4, -0.2) is 40.9 Å². The summed E-state index contributed by atoms with van der Waals surface area (Å²) in [6, 6.07) is 4.95. The Morgan fingerprint density at radius 2 is 1.95 bits per heavy atom. The largest absolute Gasteiger partial charge is 0.349 e. The van der Waals surface area contributed by atoms with Crippen molar-refractivity contribution in [1.82, 2.24) is 10.2 Å². The van der Waals surface area contributed by atoms with Crippen LogP contribution in [0.4, 0.5) is 5.69 Å². The zero-order chi connectivity index (χ0) is 15.7. The number of hydrogen-bond acceptors (Lipinski definition) is 4. The molecule has 1 amide bonds. The highest BCUT2D eigenvalue weighted by atomic mass is 35.5. The predicted octanol–water partition coefficient (Wildman–Crippen LogP) is 2.60. The van der Waals surface area contributed by atoms with Crippen molar-refractivity contribution >= 4 is 23.2 Å². The molecule has 7 heteroatoms. The third-order valence-corrected chi connectivity index (χ3v) is 4.56. The van der Waals surface area contributed by atoms with Crippen molar-refractivity contribution < 1.29 is 9.72 Å². The Labute approximate surface area is 133 Å². The lowest BCUT2D eigenvalue weighted by molar-refractivity contribution is -0.385. The number of nitrogens with zero attached hydrogens (tertiary/aromatic N) is 2. The normalized spacial score (nSPS) is 19.9. The van der Waals surface area contributed by atoms with Gasteiger partial charge in [0.15, 0.2) is 0 Å². The number of rotatable bonds is 4. The minimum Gasteiger partial charge on any atom is -0.349 e. The number of benzene rings is 1. The summed E-state index contributed by atoms with van der Waals surface area (Å²) in [4.78, 5) is 25.3. The van der Waals surface area contributed by atoms with E-state index in [0.717, 1.165) is 32.0 Å². The van der Waals surface area contributed by atoms with Crippen molar-refractivity contribution in [2.24, 2.45) is 0 Å². The molecule has 0 aromatic heterocycles. The monoisotopic (exact) mass is 323 g/mol. The predicted molar refractivity (Wildman–Crippen MR) is 83.2 cm³/mol. The summed E-state index contributed by atoms with van der Waals surface area (Å²) >= 11 is 5.77. The van der Waals surface area contributed by atoms with Gasteiger partial charge in [-0.15, -0.1) is 0 Å². The van der Waals surface area contributed by atoms with E-state index in [2.05, 4.69) is 10.2 Å². The number of halogens is 1. The maximum Gasteiger partial charge on any atom is 0.283 e. The van der Waals surface area contributed by atoms with Crippen LogP contribution in [0, 0.1) is 10.1 Å². The minimum atomic E-state index is -0.573. The van der Waals surface area contributed by atoms with E-state index in [1.54, 1.807) is 0 Å². The van der Waals surface area contributed by atoms with E-state index < -0.39 is 10.8 Å². The summed E-state index contributed by atoms with van der Waals surface area (Å²) in [6.07, 6.45) is 4.36. The Kier molecular flexibility index (Phi) is 4.31. The lowest BCUT2D eigenvalue weighted by Gasteiger charge is -2.32. The van der Waals surface area contributed by atoms with Gasteiger partial charge in [-0.3, -0.25) is 14.9 Å². The second kappa shape index (κ2) is 6.22. The number of nitrogens with one attached hydrogen (secondary N) is 1. The number of carbonyl (C=O) groups is 1. The van der Waals surface area contributed by atoms with E-state index in [9.17, 15) is 14.9 Å². The highest BCUT2D eigenvalue weighted by molar-refractivity contribution is 6.31. The number of amides is 1. The van der Waals surface area contributed by atoms with Crippen molar-refractivity contribution in [2.45, 2.75) is 37.8 Å². The molecule has 118 valence electrons. The van der Waals surface area contributed by atoms with Gasteiger partial charge in [-0.1, -0.05) is 11.6 Å². The standard InChI is InChI=1S/C15H18ClN3O3/c16-10-1-4-13(14(9-10)19(21)22)15(20)17-11-5-7-18(8-6-11)12-2-3-12/h1,4,9,11-12H,2-3,5-8H2,(H,17,20). The number of hydrogen-bond donors (Lipinski definition) is 1. The summed E-state index contributed by atoms with van der Waals surface area (Å²) in [5, 5.41) is 14.2. The van der Waals surface area contributed by atoms with Gasteiger partial charge in [-0.25, -0.2) is 0 Å². The zero-order valence-electron chi connectivity index (χ0n) is 12.1. The second-order valence-electron chi connectivity index (χ2n) is 5.93. The van der Waals surface area contributed by atoms with E-state index in [4.69, 9.17) is 11.6 Å². The molecule has 2 aliphatic rings. The van der Waals surface area contributed by atoms with Gasteiger partial charge in [0, 0.05) is 36.3 Å². The first kappa shape index (κ1) is 15.2. The second-order valence-corrected chi connectivity index (χ2v) is 6.37. The Hall–Kier alpha value is -1.66. The fraction of sp³-hybridized carbons (Fsp3) is 0.533. The highest BCUT2D eigenvalue weighted by Gasteiger charge is 2.32. The average Bonchev–Trinajstić information content (AvgIpc) is 3.32. The maximum atomic E-state index is 12.3. The molecular weight excluding hydrogens is 306 g/mol. The van der Waals surface area contributed by atoms with Gasteiger partial charge >= 0.3 is 0 Å². The van der Waals surface area contributed by atoms with Crippen LogP contribution in [0.2, 0.25) is 5.02 Å². The maximum absolute atomic E-state index is 12.3. The number of nitro benzene ring substituents is 1. The molecule has 1 aliphatic heterocycles. The molecule has 1 saturated carbocycles. The molecule has 0 atom stereocenters. The van der Waals surface area contributed by atoms with E-state index in [-0.39, 0.29) is 22.3 Å². The van der Waals surface area contributed by atoms with Crippen LogP contribution in [0.3, 0.4) is 0 Å². The summed E-state index contributed by atoms with van der Waals surface area (Å²) in [5.41, 5.74) is -0.181. The van der Waals surface area contributed by atoms with Gasteiger partial charge in [-0.2, -0.15) is 0 Å². The quantitative estimate of drug-likeness (QED) is 0.682. The van der Waals surface area contributed by atoms with Crippen molar-refractivity contribution in [3.63, 3.8) is 0 Å². The fourth-order valence-corrected chi connectivity index (χ4v) is 3.13. The molecule has 3 rings (SSSR count). The van der Waals surface area contributed by atoms with Gasteiger partial charge in [0.2, 0.25) is 0 Å². The molecule has 0 bridgehead atoms. The first-order valence-electron chi connectivity index (χ1n) is 7.53. The van der Waals surface area contributed by atoms with Gasteiger partial charge in [0.05, 0.1) is 4.92 Å². The summed E-state index contributed by atoms with van der Waals surface area (Å²) < 4.78 is 0. The molecule has 0 unspecified atom stereocenters. The van der Waals surface area contributed by atoms with Crippen LogP contribution in [0.25, 0.3) is 0 Å². The number of nitro groups is 1. The van der Waals surface area contributed by atoms with Crippen molar-refractivity contribution in [1.29, 1.82) is 0 Å². The topological polar surface area (TPSA) is 75.5 Å². The molecule has 1 aliphatic carbocycles. The first-order chi connectivity index (χ1) is 10.5. The molecule has 2 fully saturated rings. The molecular formula is C15H18ClN3O3. The summed E-state index contributed by atoms with van der Waals surface area (Å²) in [7, 11) is 0. The number of carbonyl (C=O) groups excluding carboxylic acids is 1. The Morgan fingerprint density at radius 3 is 2.55 bits per heavy atom. The van der Waals surface area contributed by atoms with E-state index in [1.165, 1.54) is 31.0 Å². The molecule has 0 radical (unpaired) electrons. The SMILES string of the molecule is O=C(NC1CCN(C2CC2)CC1)c1ccc(Cl)cc1[N+](=O)[O-]. The summed E-state index contributed by atoms with van der Waals surface area (Å²) in [5.74, 6) is -0.395. The van der Waals surface area contributed by atoms with Crippen LogP contribution in [-0.2, 0) is 0 Å². The van der Waals surface area contributed by atoms with Crippen LogP contribution in [0.1, 0.15) is 36.0 Å². The lowest BCUT2D eigenvalue weighted by Crippen LogP contribution is -2.45. The van der Waals surface area contributed by atoms with Crippen LogP contribution in [0.15, 0.2) is 18.2 Å². The zero-order valence-corrected chi connectivity index (χ0v) is 12.9. The Morgan fingerprint density at radius 1 is 1.27 bits per heavy atom. The van der Waals surface area contributed by atoms with Crippen molar-refractivity contribution in [3.8, 4) is 0 Å². The number of likely N-dealkylation sites (tertiary alicyclic amines) is 1. The molecule has 0 spiro atoms. The minimum absolute atomic E-state index is 0.0685.